The Morgan fingerprint density at radius 2 is 2.12 bits per heavy atom. The van der Waals surface area contributed by atoms with E-state index in [1.54, 1.807) is 0 Å². The van der Waals surface area contributed by atoms with E-state index < -0.39 is 5.97 Å². The second-order valence-electron chi connectivity index (χ2n) is 3.15. The first kappa shape index (κ1) is 12.1. The third-order valence-corrected chi connectivity index (χ3v) is 1.97. The van der Waals surface area contributed by atoms with Gasteiger partial charge >= 0.3 is 5.97 Å². The first-order valence-corrected chi connectivity index (χ1v) is 4.68. The lowest BCUT2D eigenvalue weighted by Crippen LogP contribution is -2.08. The molecule has 0 amide bonds. The largest absolute Gasteiger partial charge is 0.426 e. The highest BCUT2D eigenvalue weighted by Gasteiger charge is 2.09. The molecule has 0 saturated carbocycles. The molecule has 0 N–H and O–H groups in total. The van der Waals surface area contributed by atoms with E-state index in [-0.39, 0.29) is 23.5 Å². The monoisotopic (exact) mass is 219 g/mol. The fourth-order valence-corrected chi connectivity index (χ4v) is 1.13. The lowest BCUT2D eigenvalue weighted by molar-refractivity contribution is -0.133. The van der Waals surface area contributed by atoms with Gasteiger partial charge in [0.1, 0.15) is 5.75 Å². The van der Waals surface area contributed by atoms with Crippen molar-refractivity contribution in [3.05, 3.63) is 36.2 Å². The van der Waals surface area contributed by atoms with Gasteiger partial charge in [-0.25, -0.2) is 0 Å². The molecule has 0 aromatic heterocycles. The van der Waals surface area contributed by atoms with Crippen LogP contribution in [0.15, 0.2) is 18.2 Å². The Morgan fingerprint density at radius 3 is 2.62 bits per heavy atom. The number of esters is 1. The van der Waals surface area contributed by atoms with Gasteiger partial charge in [0.05, 0.1) is 5.56 Å². The Morgan fingerprint density at radius 1 is 1.44 bits per heavy atom. The molecule has 0 bridgehead atoms. The minimum Gasteiger partial charge on any atom is -0.426 e. The molecular weight excluding hydrogens is 208 g/mol. The van der Waals surface area contributed by atoms with Gasteiger partial charge in [0, 0.05) is 12.0 Å². The van der Waals surface area contributed by atoms with Crippen molar-refractivity contribution in [2.75, 3.05) is 0 Å². The third-order valence-electron chi connectivity index (χ3n) is 1.97. The number of ether oxygens (including phenoxy) is 1. The molecule has 1 aromatic carbocycles. The second-order valence-corrected chi connectivity index (χ2v) is 3.15. The molecule has 0 aliphatic heterocycles. The number of hydrogen-bond acceptors (Lipinski definition) is 4. The van der Waals surface area contributed by atoms with E-state index in [4.69, 9.17) is 4.74 Å². The molecule has 0 saturated heterocycles. The predicted octanol–water partition coefficient (Wildman–Crippen LogP) is 1.83. The fourth-order valence-electron chi connectivity index (χ4n) is 1.13. The molecule has 1 aromatic rings. The second kappa shape index (κ2) is 5.21. The van der Waals surface area contributed by atoms with Gasteiger partial charge in [0.25, 0.3) is 0 Å². The number of carbonyl (C=O) groups is 3. The molecule has 0 fully saturated rings. The van der Waals surface area contributed by atoms with Crippen LogP contribution in [-0.2, 0) is 4.79 Å². The zero-order valence-corrected chi connectivity index (χ0v) is 8.86. The highest BCUT2D eigenvalue weighted by atomic mass is 16.5. The zero-order valence-electron chi connectivity index (χ0n) is 8.86. The molecular formula is C12H11O4. The summed E-state index contributed by atoms with van der Waals surface area (Å²) in [7, 11) is 0. The molecule has 0 heterocycles. The van der Waals surface area contributed by atoms with Gasteiger partial charge in [-0.2, -0.15) is 0 Å². The number of hydrogen-bond donors (Lipinski definition) is 0. The number of carbonyl (C=O) groups excluding carboxylic acids is 3. The van der Waals surface area contributed by atoms with Crippen LogP contribution < -0.4 is 4.74 Å². The van der Waals surface area contributed by atoms with Gasteiger partial charge in [-0.3, -0.25) is 14.4 Å². The van der Waals surface area contributed by atoms with E-state index in [0.29, 0.717) is 11.8 Å². The molecule has 0 unspecified atom stereocenters. The van der Waals surface area contributed by atoms with Gasteiger partial charge in [0.2, 0.25) is 0 Å². The van der Waals surface area contributed by atoms with E-state index in [1.807, 2.05) is 0 Å². The minimum atomic E-state index is -0.529. The summed E-state index contributed by atoms with van der Waals surface area (Å²) in [5, 5.41) is 0. The Balaban J connectivity index is 3.06. The van der Waals surface area contributed by atoms with Crippen LogP contribution in [0.1, 0.15) is 34.1 Å². The predicted molar refractivity (Wildman–Crippen MR) is 57.4 cm³/mol. The summed E-state index contributed by atoms with van der Waals surface area (Å²) in [5.74, 6) is -0.537. The molecule has 16 heavy (non-hydrogen) atoms. The maximum absolute atomic E-state index is 11.1. The Bertz CT molecular complexity index is 435. The van der Waals surface area contributed by atoms with Crippen molar-refractivity contribution in [3.8, 4) is 5.75 Å². The summed E-state index contributed by atoms with van der Waals surface area (Å²) < 4.78 is 4.88. The topological polar surface area (TPSA) is 60.4 Å². The van der Waals surface area contributed by atoms with E-state index in [2.05, 4.69) is 6.92 Å². The standard InChI is InChI=1S/C12H11O4/c1-3-12(15)16-11-5-4-9(8(2)14)6-10(11)7-13/h4-7H,1,3H2,2H3. The van der Waals surface area contributed by atoms with Crippen molar-refractivity contribution in [1.82, 2.24) is 0 Å². The first-order chi connectivity index (χ1) is 7.58. The van der Waals surface area contributed by atoms with Crippen LogP contribution in [-0.4, -0.2) is 18.0 Å². The maximum Gasteiger partial charge on any atom is 0.311 e. The van der Waals surface area contributed by atoms with Crippen molar-refractivity contribution in [1.29, 1.82) is 0 Å². The Kier molecular flexibility index (Phi) is 3.94. The summed E-state index contributed by atoms with van der Waals surface area (Å²) in [6.45, 7) is 4.76. The molecule has 0 aliphatic rings. The van der Waals surface area contributed by atoms with Gasteiger partial charge in [-0.05, 0) is 32.0 Å². The fraction of sp³-hybridized carbons (Fsp3) is 0.167. The molecule has 1 rings (SSSR count). The smallest absolute Gasteiger partial charge is 0.311 e. The van der Waals surface area contributed by atoms with E-state index in [1.165, 1.54) is 25.1 Å². The molecule has 1 radical (unpaired) electrons. The van der Waals surface area contributed by atoms with Crippen molar-refractivity contribution in [3.63, 3.8) is 0 Å². The van der Waals surface area contributed by atoms with Gasteiger partial charge < -0.3 is 4.74 Å². The summed E-state index contributed by atoms with van der Waals surface area (Å²) in [5.41, 5.74) is 0.575. The number of aldehydes is 1. The first-order valence-electron chi connectivity index (χ1n) is 4.68. The van der Waals surface area contributed by atoms with Gasteiger partial charge in [-0.1, -0.05) is 0 Å². The van der Waals surface area contributed by atoms with Crippen molar-refractivity contribution in [2.45, 2.75) is 13.3 Å². The van der Waals surface area contributed by atoms with Gasteiger partial charge in [-0.15, -0.1) is 0 Å². The number of Topliss-reactive ketones (excluding diaryl/α,β-unsaturated/α-hetero) is 1. The number of ketones is 1. The molecule has 0 spiro atoms. The summed E-state index contributed by atoms with van der Waals surface area (Å²) in [6, 6.07) is 4.32. The average Bonchev–Trinajstić information content (AvgIpc) is 2.29. The minimum absolute atomic E-state index is 0.0211. The molecule has 83 valence electrons. The lowest BCUT2D eigenvalue weighted by atomic mass is 10.1. The zero-order chi connectivity index (χ0) is 12.1. The van der Waals surface area contributed by atoms with Crippen molar-refractivity contribution >= 4 is 18.0 Å². The van der Waals surface area contributed by atoms with Crippen LogP contribution in [0.4, 0.5) is 0 Å². The van der Waals surface area contributed by atoms with Crippen LogP contribution in [0.2, 0.25) is 0 Å². The van der Waals surface area contributed by atoms with Crippen LogP contribution in [0.5, 0.6) is 5.75 Å². The van der Waals surface area contributed by atoms with Crippen LogP contribution in [0, 0.1) is 6.92 Å². The summed E-state index contributed by atoms with van der Waals surface area (Å²) in [6.07, 6.45) is 0.519. The molecule has 4 heteroatoms. The van der Waals surface area contributed by atoms with Crippen LogP contribution >= 0.6 is 0 Å². The number of benzene rings is 1. The summed E-state index contributed by atoms with van der Waals surface area (Å²) in [4.78, 5) is 32.8. The Hall–Kier alpha value is -1.97. The average molecular weight is 219 g/mol. The van der Waals surface area contributed by atoms with Crippen LogP contribution in [0.3, 0.4) is 0 Å². The van der Waals surface area contributed by atoms with Crippen molar-refractivity contribution < 1.29 is 19.1 Å². The maximum atomic E-state index is 11.1. The van der Waals surface area contributed by atoms with E-state index in [9.17, 15) is 14.4 Å². The highest BCUT2D eigenvalue weighted by molar-refractivity contribution is 5.96. The van der Waals surface area contributed by atoms with Crippen molar-refractivity contribution in [2.24, 2.45) is 0 Å². The quantitative estimate of drug-likeness (QED) is 0.335. The molecule has 0 aliphatic carbocycles. The third kappa shape index (κ3) is 2.76. The lowest BCUT2D eigenvalue weighted by Gasteiger charge is -2.06. The molecule has 4 nitrogen and oxygen atoms in total. The van der Waals surface area contributed by atoms with Gasteiger partial charge in [0.15, 0.2) is 12.1 Å². The van der Waals surface area contributed by atoms with Crippen LogP contribution in [0.25, 0.3) is 0 Å². The Labute approximate surface area is 93.2 Å². The number of rotatable bonds is 4. The SMILES string of the molecule is [CH2]CC(=O)Oc1ccc(C(C)=O)cc1C=O. The highest BCUT2D eigenvalue weighted by Crippen LogP contribution is 2.19. The molecule has 0 atom stereocenters. The normalized spacial score (nSPS) is 9.62. The summed E-state index contributed by atoms with van der Waals surface area (Å²) >= 11 is 0. The van der Waals surface area contributed by atoms with E-state index in [0.717, 1.165) is 0 Å². The van der Waals surface area contributed by atoms with E-state index >= 15 is 0 Å².